The molecule has 4 nitrogen and oxygen atoms in total. The van der Waals surface area contributed by atoms with Crippen molar-refractivity contribution >= 4 is 0 Å². The van der Waals surface area contributed by atoms with Gasteiger partial charge in [-0.25, -0.2) is 0 Å². The predicted octanol–water partition coefficient (Wildman–Crippen LogP) is 2.06. The SMILES string of the molecule is OC(COC1CCC1)c1ccc2c(c1)OCCO2. The highest BCUT2D eigenvalue weighted by atomic mass is 16.6. The summed E-state index contributed by atoms with van der Waals surface area (Å²) >= 11 is 0. The van der Waals surface area contributed by atoms with Gasteiger partial charge in [0.1, 0.15) is 19.3 Å². The molecule has 1 aromatic rings. The van der Waals surface area contributed by atoms with Crippen LogP contribution in [-0.4, -0.2) is 31.0 Å². The van der Waals surface area contributed by atoms with Gasteiger partial charge in [-0.3, -0.25) is 0 Å². The van der Waals surface area contributed by atoms with Crippen LogP contribution in [0.25, 0.3) is 0 Å². The predicted molar refractivity (Wildman–Crippen MR) is 66.0 cm³/mol. The number of aliphatic hydroxyl groups excluding tert-OH is 1. The lowest BCUT2D eigenvalue weighted by molar-refractivity contribution is -0.0427. The molecule has 1 heterocycles. The summed E-state index contributed by atoms with van der Waals surface area (Å²) in [6, 6.07) is 5.54. The van der Waals surface area contributed by atoms with E-state index in [-0.39, 0.29) is 0 Å². The van der Waals surface area contributed by atoms with Gasteiger partial charge in [0.25, 0.3) is 0 Å². The van der Waals surface area contributed by atoms with E-state index in [1.807, 2.05) is 18.2 Å². The molecule has 98 valence electrons. The van der Waals surface area contributed by atoms with Gasteiger partial charge in [0.2, 0.25) is 0 Å². The molecule has 0 radical (unpaired) electrons. The highest BCUT2D eigenvalue weighted by Crippen LogP contribution is 2.33. The third-order valence-corrected chi connectivity index (χ3v) is 3.49. The van der Waals surface area contributed by atoms with Crippen LogP contribution in [0.1, 0.15) is 30.9 Å². The van der Waals surface area contributed by atoms with E-state index in [0.717, 1.165) is 24.2 Å². The molecule has 0 saturated heterocycles. The van der Waals surface area contributed by atoms with E-state index >= 15 is 0 Å². The number of rotatable bonds is 4. The molecular weight excluding hydrogens is 232 g/mol. The highest BCUT2D eigenvalue weighted by Gasteiger charge is 2.20. The summed E-state index contributed by atoms with van der Waals surface area (Å²) in [6.45, 7) is 1.50. The Kier molecular flexibility index (Phi) is 3.39. The molecule has 3 rings (SSSR count). The monoisotopic (exact) mass is 250 g/mol. The van der Waals surface area contributed by atoms with E-state index in [2.05, 4.69) is 0 Å². The minimum absolute atomic E-state index is 0.344. The number of fused-ring (bicyclic) bond motifs is 1. The molecule has 0 spiro atoms. The molecular formula is C14H18O4. The Labute approximate surface area is 106 Å². The molecule has 1 fully saturated rings. The number of hydrogen-bond acceptors (Lipinski definition) is 4. The fourth-order valence-corrected chi connectivity index (χ4v) is 2.13. The molecule has 1 unspecified atom stereocenters. The Morgan fingerprint density at radius 1 is 1.22 bits per heavy atom. The van der Waals surface area contributed by atoms with E-state index in [9.17, 15) is 5.11 Å². The number of aliphatic hydroxyl groups is 1. The largest absolute Gasteiger partial charge is 0.486 e. The van der Waals surface area contributed by atoms with Crippen molar-refractivity contribution in [2.75, 3.05) is 19.8 Å². The normalized spacial score (nSPS) is 20.3. The van der Waals surface area contributed by atoms with Gasteiger partial charge in [-0.1, -0.05) is 6.07 Å². The van der Waals surface area contributed by atoms with Crippen LogP contribution < -0.4 is 9.47 Å². The number of hydrogen-bond donors (Lipinski definition) is 1. The van der Waals surface area contributed by atoms with E-state index in [4.69, 9.17) is 14.2 Å². The second kappa shape index (κ2) is 5.16. The molecule has 4 heteroatoms. The molecule has 1 N–H and O–H groups in total. The fourth-order valence-electron chi connectivity index (χ4n) is 2.13. The van der Waals surface area contributed by atoms with E-state index in [1.165, 1.54) is 6.42 Å². The van der Waals surface area contributed by atoms with E-state index in [0.29, 0.717) is 31.7 Å². The molecule has 1 atom stereocenters. The van der Waals surface area contributed by atoms with Crippen LogP contribution in [0.15, 0.2) is 18.2 Å². The van der Waals surface area contributed by atoms with Gasteiger partial charge in [-0.05, 0) is 37.0 Å². The maximum atomic E-state index is 10.1. The van der Waals surface area contributed by atoms with Crippen molar-refractivity contribution in [2.45, 2.75) is 31.5 Å². The molecule has 1 aliphatic heterocycles. The van der Waals surface area contributed by atoms with Crippen LogP contribution in [0, 0.1) is 0 Å². The molecule has 0 bridgehead atoms. The lowest BCUT2D eigenvalue weighted by Crippen LogP contribution is -2.24. The average Bonchev–Trinajstić information content (AvgIpc) is 2.36. The van der Waals surface area contributed by atoms with Crippen molar-refractivity contribution in [3.05, 3.63) is 23.8 Å². The minimum atomic E-state index is -0.596. The number of ether oxygens (including phenoxy) is 3. The molecule has 2 aliphatic rings. The van der Waals surface area contributed by atoms with Crippen molar-refractivity contribution in [3.63, 3.8) is 0 Å². The van der Waals surface area contributed by atoms with Crippen molar-refractivity contribution in [1.29, 1.82) is 0 Å². The first-order valence-corrected chi connectivity index (χ1v) is 6.52. The zero-order chi connectivity index (χ0) is 12.4. The smallest absolute Gasteiger partial charge is 0.161 e. The van der Waals surface area contributed by atoms with Crippen molar-refractivity contribution in [2.24, 2.45) is 0 Å². The second-order valence-corrected chi connectivity index (χ2v) is 4.81. The van der Waals surface area contributed by atoms with Crippen molar-refractivity contribution in [1.82, 2.24) is 0 Å². The number of benzene rings is 1. The van der Waals surface area contributed by atoms with Gasteiger partial charge in [0, 0.05) is 0 Å². The standard InChI is InChI=1S/C14H18O4/c15-12(9-18-11-2-1-3-11)10-4-5-13-14(8-10)17-7-6-16-13/h4-5,8,11-12,15H,1-3,6-7,9H2. The van der Waals surface area contributed by atoms with Crippen LogP contribution >= 0.6 is 0 Å². The van der Waals surface area contributed by atoms with Crippen LogP contribution in [0.2, 0.25) is 0 Å². The maximum absolute atomic E-state index is 10.1. The van der Waals surface area contributed by atoms with Crippen LogP contribution in [0.3, 0.4) is 0 Å². The summed E-state index contributed by atoms with van der Waals surface area (Å²) in [6.07, 6.45) is 3.23. The quantitative estimate of drug-likeness (QED) is 0.888. The Hall–Kier alpha value is -1.26. The van der Waals surface area contributed by atoms with Crippen molar-refractivity contribution in [3.8, 4) is 11.5 Å². The molecule has 1 saturated carbocycles. The van der Waals surface area contributed by atoms with Gasteiger partial charge in [-0.15, -0.1) is 0 Å². The van der Waals surface area contributed by atoms with Crippen LogP contribution in [0.4, 0.5) is 0 Å². The molecule has 0 aromatic heterocycles. The molecule has 1 aliphatic carbocycles. The first-order valence-electron chi connectivity index (χ1n) is 6.52. The van der Waals surface area contributed by atoms with Crippen LogP contribution in [0.5, 0.6) is 11.5 Å². The zero-order valence-electron chi connectivity index (χ0n) is 10.3. The van der Waals surface area contributed by atoms with E-state index < -0.39 is 6.10 Å². The van der Waals surface area contributed by atoms with Gasteiger partial charge in [-0.2, -0.15) is 0 Å². The molecule has 1 aromatic carbocycles. The lowest BCUT2D eigenvalue weighted by atomic mass is 9.96. The summed E-state index contributed by atoms with van der Waals surface area (Å²) in [5, 5.41) is 10.1. The zero-order valence-corrected chi connectivity index (χ0v) is 10.3. The summed E-state index contributed by atoms with van der Waals surface area (Å²) in [7, 11) is 0. The van der Waals surface area contributed by atoms with Gasteiger partial charge < -0.3 is 19.3 Å². The van der Waals surface area contributed by atoms with Crippen LogP contribution in [-0.2, 0) is 4.74 Å². The summed E-state index contributed by atoms with van der Waals surface area (Å²) in [5.41, 5.74) is 0.818. The molecule has 18 heavy (non-hydrogen) atoms. The van der Waals surface area contributed by atoms with Gasteiger partial charge in [0.05, 0.1) is 12.7 Å². The maximum Gasteiger partial charge on any atom is 0.161 e. The Bertz CT molecular complexity index is 414. The first kappa shape index (κ1) is 11.8. The lowest BCUT2D eigenvalue weighted by Gasteiger charge is -2.27. The third-order valence-electron chi connectivity index (χ3n) is 3.49. The van der Waals surface area contributed by atoms with E-state index in [1.54, 1.807) is 0 Å². The van der Waals surface area contributed by atoms with Gasteiger partial charge in [0.15, 0.2) is 11.5 Å². The molecule has 0 amide bonds. The minimum Gasteiger partial charge on any atom is -0.486 e. The van der Waals surface area contributed by atoms with Gasteiger partial charge >= 0.3 is 0 Å². The summed E-state index contributed by atoms with van der Waals surface area (Å²) in [4.78, 5) is 0. The Balaban J connectivity index is 1.63. The Morgan fingerprint density at radius 2 is 2.00 bits per heavy atom. The highest BCUT2D eigenvalue weighted by molar-refractivity contribution is 5.44. The fraction of sp³-hybridized carbons (Fsp3) is 0.571. The van der Waals surface area contributed by atoms with Crippen molar-refractivity contribution < 1.29 is 19.3 Å². The summed E-state index contributed by atoms with van der Waals surface area (Å²) in [5.74, 6) is 1.46. The Morgan fingerprint density at radius 3 is 2.72 bits per heavy atom. The third kappa shape index (κ3) is 2.44. The average molecular weight is 250 g/mol. The second-order valence-electron chi connectivity index (χ2n) is 4.81. The summed E-state index contributed by atoms with van der Waals surface area (Å²) < 4.78 is 16.6. The topological polar surface area (TPSA) is 47.9 Å². The first-order chi connectivity index (χ1) is 8.83.